The Morgan fingerprint density at radius 3 is 2.53 bits per heavy atom. The smallest absolute Gasteiger partial charge is 0.323 e. The number of nitrogens with zero attached hydrogens (tertiary/aromatic N) is 1. The van der Waals surface area contributed by atoms with Crippen molar-refractivity contribution in [1.82, 2.24) is 4.98 Å². The van der Waals surface area contributed by atoms with Crippen LogP contribution in [0, 0.1) is 0 Å². The minimum atomic E-state index is -0.420. The van der Waals surface area contributed by atoms with Gasteiger partial charge in [0, 0.05) is 27.7 Å². The van der Waals surface area contributed by atoms with Crippen LogP contribution in [0.2, 0.25) is 5.02 Å². The Labute approximate surface area is 191 Å². The highest BCUT2D eigenvalue weighted by Crippen LogP contribution is 2.32. The number of amides is 2. The number of methoxy groups -OCH3 is 1. The molecule has 4 rings (SSSR count). The van der Waals surface area contributed by atoms with Gasteiger partial charge in [-0.25, -0.2) is 9.78 Å². The number of anilines is 2. The molecule has 0 spiro atoms. The summed E-state index contributed by atoms with van der Waals surface area (Å²) in [5.41, 5.74) is 3.69. The van der Waals surface area contributed by atoms with Gasteiger partial charge in [0.1, 0.15) is 11.5 Å². The van der Waals surface area contributed by atoms with Gasteiger partial charge in [0.05, 0.1) is 30.6 Å². The molecule has 0 saturated heterocycles. The molecule has 0 bridgehead atoms. The molecule has 162 valence electrons. The molecule has 32 heavy (non-hydrogen) atoms. The van der Waals surface area contributed by atoms with E-state index in [2.05, 4.69) is 10.6 Å². The predicted molar refractivity (Wildman–Crippen MR) is 129 cm³/mol. The van der Waals surface area contributed by atoms with Crippen LogP contribution in [0.3, 0.4) is 0 Å². The fraction of sp³-hybridized carbons (Fsp3) is 0.120. The molecule has 0 fully saturated rings. The first-order chi connectivity index (χ1) is 15.6. The van der Waals surface area contributed by atoms with E-state index in [0.717, 1.165) is 22.2 Å². The summed E-state index contributed by atoms with van der Waals surface area (Å²) in [6, 6.07) is 22.0. The standard InChI is InChI=1S/C25H22ClN3O3/c1-3-32-24-15-21(16-7-5-4-6-8-16)28-20-11-10-18(14-19(20)24)27-25(30)29-22-13-17(26)9-12-23(22)31-2/h4-15H,3H2,1-2H3,(H2,27,29,30). The molecule has 0 saturated carbocycles. The number of ether oxygens (including phenoxy) is 2. The summed E-state index contributed by atoms with van der Waals surface area (Å²) < 4.78 is 11.2. The number of urea groups is 1. The molecule has 1 aromatic heterocycles. The molecule has 1 heterocycles. The summed E-state index contributed by atoms with van der Waals surface area (Å²) in [5.74, 6) is 1.22. The highest BCUT2D eigenvalue weighted by atomic mass is 35.5. The molecule has 0 aliphatic rings. The van der Waals surface area contributed by atoms with Crippen molar-refractivity contribution < 1.29 is 14.3 Å². The lowest BCUT2D eigenvalue weighted by Gasteiger charge is -2.14. The van der Waals surface area contributed by atoms with E-state index in [4.69, 9.17) is 26.1 Å². The number of hydrogen-bond donors (Lipinski definition) is 2. The van der Waals surface area contributed by atoms with Gasteiger partial charge in [0.15, 0.2) is 0 Å². The minimum absolute atomic E-state index is 0.420. The Morgan fingerprint density at radius 2 is 1.78 bits per heavy atom. The minimum Gasteiger partial charge on any atom is -0.495 e. The fourth-order valence-electron chi connectivity index (χ4n) is 3.37. The first-order valence-electron chi connectivity index (χ1n) is 10.1. The Bertz CT molecular complexity index is 1260. The van der Waals surface area contributed by atoms with Gasteiger partial charge in [-0.15, -0.1) is 0 Å². The van der Waals surface area contributed by atoms with Gasteiger partial charge < -0.3 is 20.1 Å². The van der Waals surface area contributed by atoms with Crippen LogP contribution in [0.4, 0.5) is 16.2 Å². The van der Waals surface area contributed by atoms with Crippen molar-refractivity contribution in [2.24, 2.45) is 0 Å². The van der Waals surface area contributed by atoms with E-state index >= 15 is 0 Å². The maximum Gasteiger partial charge on any atom is 0.323 e. The van der Waals surface area contributed by atoms with Crippen molar-refractivity contribution in [2.45, 2.75) is 6.92 Å². The summed E-state index contributed by atoms with van der Waals surface area (Å²) in [5, 5.41) is 6.90. The Hall–Kier alpha value is -3.77. The maximum absolute atomic E-state index is 12.6. The monoisotopic (exact) mass is 447 g/mol. The van der Waals surface area contributed by atoms with Gasteiger partial charge >= 0.3 is 6.03 Å². The van der Waals surface area contributed by atoms with E-state index in [0.29, 0.717) is 34.5 Å². The third kappa shape index (κ3) is 4.76. The van der Waals surface area contributed by atoms with Gasteiger partial charge in [-0.1, -0.05) is 41.9 Å². The number of pyridine rings is 1. The van der Waals surface area contributed by atoms with Gasteiger partial charge in [-0.2, -0.15) is 0 Å². The zero-order valence-electron chi connectivity index (χ0n) is 17.7. The van der Waals surface area contributed by atoms with E-state index in [1.165, 1.54) is 7.11 Å². The van der Waals surface area contributed by atoms with E-state index < -0.39 is 6.03 Å². The molecule has 0 unspecified atom stereocenters. The van der Waals surface area contributed by atoms with Crippen molar-refractivity contribution in [3.63, 3.8) is 0 Å². The Morgan fingerprint density at radius 1 is 0.969 bits per heavy atom. The van der Waals surface area contributed by atoms with E-state index in [9.17, 15) is 4.79 Å². The number of nitrogens with one attached hydrogen (secondary N) is 2. The van der Waals surface area contributed by atoms with Crippen LogP contribution < -0.4 is 20.1 Å². The summed E-state index contributed by atoms with van der Waals surface area (Å²) in [6.45, 7) is 2.45. The molecule has 0 aliphatic heterocycles. The van der Waals surface area contributed by atoms with Crippen molar-refractivity contribution >= 4 is 39.9 Å². The van der Waals surface area contributed by atoms with E-state index in [1.807, 2.05) is 55.5 Å². The maximum atomic E-state index is 12.6. The zero-order chi connectivity index (χ0) is 22.5. The number of rotatable bonds is 6. The van der Waals surface area contributed by atoms with Gasteiger partial charge in [0.25, 0.3) is 0 Å². The van der Waals surface area contributed by atoms with Crippen molar-refractivity contribution in [2.75, 3.05) is 24.4 Å². The summed E-state index contributed by atoms with van der Waals surface area (Å²) >= 11 is 6.04. The van der Waals surface area contributed by atoms with E-state index in [-0.39, 0.29) is 0 Å². The van der Waals surface area contributed by atoms with Gasteiger partial charge in [-0.05, 0) is 43.3 Å². The molecule has 7 heteroatoms. The molecule has 2 amide bonds. The predicted octanol–water partition coefficient (Wildman–Crippen LogP) is 6.61. The topological polar surface area (TPSA) is 72.5 Å². The largest absolute Gasteiger partial charge is 0.495 e. The second kappa shape index (κ2) is 9.58. The summed E-state index contributed by atoms with van der Waals surface area (Å²) in [7, 11) is 1.53. The number of benzene rings is 3. The number of carbonyl (C=O) groups excluding carboxylic acids is 1. The van der Waals surface area contributed by atoms with Crippen LogP contribution in [0.25, 0.3) is 22.2 Å². The highest BCUT2D eigenvalue weighted by Gasteiger charge is 2.12. The number of carbonyl (C=O) groups is 1. The summed E-state index contributed by atoms with van der Waals surface area (Å²) in [6.07, 6.45) is 0. The molecule has 2 N–H and O–H groups in total. The van der Waals surface area contributed by atoms with Crippen LogP contribution in [0.1, 0.15) is 6.92 Å². The van der Waals surface area contributed by atoms with Crippen LogP contribution in [-0.4, -0.2) is 24.7 Å². The normalized spacial score (nSPS) is 10.6. The van der Waals surface area contributed by atoms with Crippen LogP contribution in [0.5, 0.6) is 11.5 Å². The lowest BCUT2D eigenvalue weighted by molar-refractivity contribution is 0.262. The molecule has 4 aromatic rings. The van der Waals surface area contributed by atoms with Crippen molar-refractivity contribution in [3.05, 3.63) is 77.8 Å². The Kier molecular flexibility index (Phi) is 6.42. The van der Waals surface area contributed by atoms with Gasteiger partial charge in [0.2, 0.25) is 0 Å². The molecule has 0 aliphatic carbocycles. The molecule has 3 aromatic carbocycles. The van der Waals surface area contributed by atoms with Crippen molar-refractivity contribution in [3.8, 4) is 22.8 Å². The summed E-state index contributed by atoms with van der Waals surface area (Å²) in [4.78, 5) is 17.3. The Balaban J connectivity index is 1.62. The molecular formula is C25H22ClN3O3. The fourth-order valence-corrected chi connectivity index (χ4v) is 3.54. The van der Waals surface area contributed by atoms with Crippen LogP contribution in [0.15, 0.2) is 72.8 Å². The quantitative estimate of drug-likeness (QED) is 0.349. The average molecular weight is 448 g/mol. The third-order valence-electron chi connectivity index (χ3n) is 4.81. The number of aromatic nitrogens is 1. The highest BCUT2D eigenvalue weighted by molar-refractivity contribution is 6.31. The lowest BCUT2D eigenvalue weighted by atomic mass is 10.1. The average Bonchev–Trinajstić information content (AvgIpc) is 2.80. The second-order valence-electron chi connectivity index (χ2n) is 6.96. The second-order valence-corrected chi connectivity index (χ2v) is 7.40. The molecule has 0 atom stereocenters. The number of halogens is 1. The van der Waals surface area contributed by atoms with Crippen LogP contribution in [-0.2, 0) is 0 Å². The molecular weight excluding hydrogens is 426 g/mol. The zero-order valence-corrected chi connectivity index (χ0v) is 18.4. The van der Waals surface area contributed by atoms with Gasteiger partial charge in [-0.3, -0.25) is 0 Å². The van der Waals surface area contributed by atoms with Crippen molar-refractivity contribution in [1.29, 1.82) is 0 Å². The van der Waals surface area contributed by atoms with Crippen LogP contribution >= 0.6 is 11.6 Å². The first-order valence-corrected chi connectivity index (χ1v) is 10.5. The SMILES string of the molecule is CCOc1cc(-c2ccccc2)nc2ccc(NC(=O)Nc3cc(Cl)ccc3OC)cc12. The lowest BCUT2D eigenvalue weighted by Crippen LogP contribution is -2.19. The molecule has 0 radical (unpaired) electrons. The van der Waals surface area contributed by atoms with E-state index in [1.54, 1.807) is 24.3 Å². The number of hydrogen-bond acceptors (Lipinski definition) is 4. The first kappa shape index (κ1) is 21.5. The molecule has 6 nitrogen and oxygen atoms in total. The number of fused-ring (bicyclic) bond motifs is 1. The third-order valence-corrected chi connectivity index (χ3v) is 5.04.